The van der Waals surface area contributed by atoms with Gasteiger partial charge in [-0.1, -0.05) is 0 Å². The lowest BCUT2D eigenvalue weighted by Crippen LogP contribution is -2.48. The third-order valence-corrected chi connectivity index (χ3v) is 4.58. The zero-order chi connectivity index (χ0) is 14.3. The highest BCUT2D eigenvalue weighted by atomic mass is 32.2. The molecule has 0 aromatic heterocycles. The molecule has 0 aromatic carbocycles. The number of ether oxygens (including phenoxy) is 1. The zero-order valence-corrected chi connectivity index (χ0v) is 12.3. The molecule has 19 heavy (non-hydrogen) atoms. The monoisotopic (exact) mass is 293 g/mol. The average Bonchev–Trinajstić information content (AvgIpc) is 2.39. The van der Waals surface area contributed by atoms with Gasteiger partial charge in [0.25, 0.3) is 10.2 Å². The first kappa shape index (κ1) is 16.4. The molecule has 1 aliphatic rings. The number of hydrogen-bond acceptors (Lipinski definition) is 5. The van der Waals surface area contributed by atoms with Gasteiger partial charge in [0.1, 0.15) is 0 Å². The van der Waals surface area contributed by atoms with Gasteiger partial charge < -0.3 is 10.1 Å². The third kappa shape index (κ3) is 5.06. The van der Waals surface area contributed by atoms with E-state index in [0.717, 1.165) is 0 Å². The van der Waals surface area contributed by atoms with Crippen LogP contribution in [-0.4, -0.2) is 58.5 Å². The first-order valence-corrected chi connectivity index (χ1v) is 8.01. The van der Waals surface area contributed by atoms with E-state index in [9.17, 15) is 13.2 Å². The smallest absolute Gasteiger partial charge is 0.310 e. The number of carbonyl (C=O) groups excluding carboxylic acids is 1. The standard InChI is InChI=1S/C11H23N3O4S/c1-3-18-11(15)10-5-4-8-14(9-10)19(16,17)13-7-6-12-2/h10,12-13H,3-9H2,1-2H3. The Morgan fingerprint density at radius 1 is 1.42 bits per heavy atom. The fourth-order valence-corrected chi connectivity index (χ4v) is 3.30. The Labute approximate surface area is 114 Å². The van der Waals surface area contributed by atoms with Crippen molar-refractivity contribution in [1.82, 2.24) is 14.3 Å². The van der Waals surface area contributed by atoms with Crippen LogP contribution in [-0.2, 0) is 19.7 Å². The van der Waals surface area contributed by atoms with Crippen LogP contribution < -0.4 is 10.0 Å². The summed E-state index contributed by atoms with van der Waals surface area (Å²) in [5.41, 5.74) is 0. The van der Waals surface area contributed by atoms with Crippen molar-refractivity contribution in [2.24, 2.45) is 5.92 Å². The number of nitrogens with one attached hydrogen (secondary N) is 2. The van der Waals surface area contributed by atoms with E-state index in [1.807, 2.05) is 0 Å². The summed E-state index contributed by atoms with van der Waals surface area (Å²) in [5, 5.41) is 2.87. The minimum Gasteiger partial charge on any atom is -0.466 e. The van der Waals surface area contributed by atoms with Crippen molar-refractivity contribution in [2.45, 2.75) is 19.8 Å². The summed E-state index contributed by atoms with van der Waals surface area (Å²) in [6, 6.07) is 0. The van der Waals surface area contributed by atoms with Crippen LogP contribution in [0, 0.1) is 5.92 Å². The third-order valence-electron chi connectivity index (χ3n) is 3.00. The van der Waals surface area contributed by atoms with Crippen LogP contribution in [0.3, 0.4) is 0 Å². The quantitative estimate of drug-likeness (QED) is 0.479. The first-order chi connectivity index (χ1) is 9.01. The van der Waals surface area contributed by atoms with Crippen molar-refractivity contribution in [3.05, 3.63) is 0 Å². The Kier molecular flexibility index (Phi) is 6.70. The summed E-state index contributed by atoms with van der Waals surface area (Å²) in [7, 11) is -1.75. The van der Waals surface area contributed by atoms with Crippen LogP contribution in [0.15, 0.2) is 0 Å². The predicted octanol–water partition coefficient (Wildman–Crippen LogP) is -0.685. The van der Waals surface area contributed by atoms with E-state index in [0.29, 0.717) is 39.1 Å². The Morgan fingerprint density at radius 3 is 2.79 bits per heavy atom. The van der Waals surface area contributed by atoms with Crippen LogP contribution in [0.1, 0.15) is 19.8 Å². The molecule has 1 saturated heterocycles. The fraction of sp³-hybridized carbons (Fsp3) is 0.909. The van der Waals surface area contributed by atoms with E-state index in [4.69, 9.17) is 4.74 Å². The molecule has 112 valence electrons. The molecule has 1 fully saturated rings. The molecule has 7 nitrogen and oxygen atoms in total. The molecule has 1 aliphatic heterocycles. The van der Waals surface area contributed by atoms with Gasteiger partial charge in [-0.15, -0.1) is 0 Å². The molecule has 0 bridgehead atoms. The highest BCUT2D eigenvalue weighted by Gasteiger charge is 2.32. The maximum atomic E-state index is 12.0. The maximum Gasteiger partial charge on any atom is 0.310 e. The molecule has 0 radical (unpaired) electrons. The maximum absolute atomic E-state index is 12.0. The van der Waals surface area contributed by atoms with Gasteiger partial charge in [-0.3, -0.25) is 4.79 Å². The van der Waals surface area contributed by atoms with Gasteiger partial charge in [-0.05, 0) is 26.8 Å². The molecule has 0 saturated carbocycles. The van der Waals surface area contributed by atoms with Gasteiger partial charge in [-0.2, -0.15) is 12.7 Å². The van der Waals surface area contributed by atoms with E-state index in [1.54, 1.807) is 14.0 Å². The van der Waals surface area contributed by atoms with Gasteiger partial charge in [0.2, 0.25) is 0 Å². The number of esters is 1. The lowest BCUT2D eigenvalue weighted by molar-refractivity contribution is -0.149. The molecule has 1 unspecified atom stereocenters. The number of likely N-dealkylation sites (N-methyl/N-ethyl adjacent to an activating group) is 1. The minimum absolute atomic E-state index is 0.202. The van der Waals surface area contributed by atoms with E-state index >= 15 is 0 Å². The summed E-state index contributed by atoms with van der Waals surface area (Å²) >= 11 is 0. The minimum atomic E-state index is -3.50. The second-order valence-corrected chi connectivity index (χ2v) is 6.21. The SMILES string of the molecule is CCOC(=O)C1CCCN(S(=O)(=O)NCCNC)C1. The van der Waals surface area contributed by atoms with Crippen LogP contribution in [0.25, 0.3) is 0 Å². The molecule has 1 heterocycles. The molecular weight excluding hydrogens is 270 g/mol. The number of hydrogen-bond donors (Lipinski definition) is 2. The zero-order valence-electron chi connectivity index (χ0n) is 11.5. The van der Waals surface area contributed by atoms with Gasteiger partial charge in [0.05, 0.1) is 12.5 Å². The summed E-state index contributed by atoms with van der Waals surface area (Å²) in [6.07, 6.45) is 1.36. The van der Waals surface area contributed by atoms with Gasteiger partial charge >= 0.3 is 5.97 Å². The van der Waals surface area contributed by atoms with E-state index in [-0.39, 0.29) is 18.4 Å². The summed E-state index contributed by atoms with van der Waals surface area (Å²) in [6.45, 7) is 3.61. The second kappa shape index (κ2) is 7.78. The van der Waals surface area contributed by atoms with Crippen LogP contribution in [0.4, 0.5) is 0 Å². The molecule has 1 rings (SSSR count). The van der Waals surface area contributed by atoms with Crippen LogP contribution in [0.2, 0.25) is 0 Å². The average molecular weight is 293 g/mol. The fourth-order valence-electron chi connectivity index (χ4n) is 2.01. The highest BCUT2D eigenvalue weighted by Crippen LogP contribution is 2.19. The molecule has 8 heteroatoms. The lowest BCUT2D eigenvalue weighted by Gasteiger charge is -2.30. The molecule has 0 aliphatic carbocycles. The number of nitrogens with zero attached hydrogens (tertiary/aromatic N) is 1. The summed E-state index contributed by atoms with van der Waals surface area (Å²) in [5.74, 6) is -0.660. The Morgan fingerprint density at radius 2 is 2.16 bits per heavy atom. The van der Waals surface area contributed by atoms with Crippen molar-refractivity contribution < 1.29 is 17.9 Å². The van der Waals surface area contributed by atoms with E-state index in [2.05, 4.69) is 10.0 Å². The summed E-state index contributed by atoms with van der Waals surface area (Å²) < 4.78 is 32.8. The van der Waals surface area contributed by atoms with Gasteiger partial charge in [-0.25, -0.2) is 4.72 Å². The number of carbonyl (C=O) groups is 1. The highest BCUT2D eigenvalue weighted by molar-refractivity contribution is 7.87. The Bertz CT molecular complexity index is 385. The molecular formula is C11H23N3O4S. The molecule has 2 N–H and O–H groups in total. The Hall–Kier alpha value is -0.700. The van der Waals surface area contributed by atoms with Crippen molar-refractivity contribution in [1.29, 1.82) is 0 Å². The molecule has 0 spiro atoms. The number of piperidine rings is 1. The topological polar surface area (TPSA) is 87.7 Å². The summed E-state index contributed by atoms with van der Waals surface area (Å²) in [4.78, 5) is 11.7. The van der Waals surface area contributed by atoms with Crippen LogP contribution in [0.5, 0.6) is 0 Å². The van der Waals surface area contributed by atoms with E-state index in [1.165, 1.54) is 4.31 Å². The molecule has 0 amide bonds. The van der Waals surface area contributed by atoms with Crippen molar-refractivity contribution in [3.63, 3.8) is 0 Å². The van der Waals surface area contributed by atoms with Crippen molar-refractivity contribution >= 4 is 16.2 Å². The van der Waals surface area contributed by atoms with Crippen molar-refractivity contribution in [3.8, 4) is 0 Å². The second-order valence-electron chi connectivity index (χ2n) is 4.45. The predicted molar refractivity (Wildman–Crippen MR) is 71.8 cm³/mol. The van der Waals surface area contributed by atoms with Gasteiger partial charge in [0.15, 0.2) is 0 Å². The largest absolute Gasteiger partial charge is 0.466 e. The van der Waals surface area contributed by atoms with Crippen LogP contribution >= 0.6 is 0 Å². The molecule has 1 atom stereocenters. The molecule has 0 aromatic rings. The van der Waals surface area contributed by atoms with E-state index < -0.39 is 10.2 Å². The van der Waals surface area contributed by atoms with Crippen molar-refractivity contribution in [2.75, 3.05) is 39.8 Å². The van der Waals surface area contributed by atoms with Gasteiger partial charge in [0, 0.05) is 26.2 Å². The normalized spacial score (nSPS) is 21.3. The number of rotatable bonds is 7. The lowest BCUT2D eigenvalue weighted by atomic mass is 10.0. The Balaban J connectivity index is 2.55. The first-order valence-electron chi connectivity index (χ1n) is 6.57.